The zero-order valence-corrected chi connectivity index (χ0v) is 11.7. The number of carbonyl (C=O) groups excluding carboxylic acids is 1. The first-order valence-electron chi connectivity index (χ1n) is 5.61. The van der Waals surface area contributed by atoms with E-state index in [0.717, 1.165) is 6.20 Å². The highest BCUT2D eigenvalue weighted by molar-refractivity contribution is 9.10. The van der Waals surface area contributed by atoms with Crippen LogP contribution in [0.4, 0.5) is 5.69 Å². The van der Waals surface area contributed by atoms with Crippen molar-refractivity contribution >= 4 is 27.4 Å². The molecule has 1 heterocycles. The summed E-state index contributed by atoms with van der Waals surface area (Å²) in [5.74, 6) is -0.199. The Balaban J connectivity index is 2.33. The van der Waals surface area contributed by atoms with Crippen molar-refractivity contribution in [2.75, 3.05) is 0 Å². The van der Waals surface area contributed by atoms with Crippen LogP contribution in [0.25, 0.3) is 0 Å². The van der Waals surface area contributed by atoms with Crippen LogP contribution in [0.1, 0.15) is 10.4 Å². The Morgan fingerprint density at radius 1 is 1.25 bits per heavy atom. The summed E-state index contributed by atoms with van der Waals surface area (Å²) in [5, 5.41) is 10.8. The number of benzene rings is 1. The van der Waals surface area contributed by atoms with Gasteiger partial charge in [-0.15, -0.1) is 0 Å². The van der Waals surface area contributed by atoms with Crippen molar-refractivity contribution in [2.45, 2.75) is 6.54 Å². The highest BCUT2D eigenvalue weighted by atomic mass is 79.9. The average Bonchev–Trinajstić information content (AvgIpc) is 2.43. The number of hydrogen-bond donors (Lipinski definition) is 0. The van der Waals surface area contributed by atoms with E-state index in [1.807, 2.05) is 0 Å². The van der Waals surface area contributed by atoms with Gasteiger partial charge in [-0.1, -0.05) is 30.3 Å². The van der Waals surface area contributed by atoms with Gasteiger partial charge in [0.25, 0.3) is 5.43 Å². The van der Waals surface area contributed by atoms with Gasteiger partial charge in [0.2, 0.25) is 0 Å². The number of hydrogen-bond acceptors (Lipinski definition) is 4. The van der Waals surface area contributed by atoms with Crippen LogP contribution in [0.3, 0.4) is 0 Å². The molecule has 20 heavy (non-hydrogen) atoms. The number of ketones is 1. The summed E-state index contributed by atoms with van der Waals surface area (Å²) in [6.45, 7) is -0.0796. The molecule has 2 aromatic rings. The maximum absolute atomic E-state index is 12.0. The molecule has 0 bridgehead atoms. The molecule has 0 amide bonds. The van der Waals surface area contributed by atoms with Gasteiger partial charge in [-0.3, -0.25) is 19.7 Å². The smallest absolute Gasteiger partial charge is 0.333 e. The molecule has 6 nitrogen and oxygen atoms in total. The lowest BCUT2D eigenvalue weighted by atomic mass is 10.1. The van der Waals surface area contributed by atoms with E-state index in [0.29, 0.717) is 5.56 Å². The standard InChI is InChI=1S/C13H9BrN2O4/c14-10-6-15(7-11(13(10)18)16(19)20)8-12(17)9-4-2-1-3-5-9/h1-7H,8H2. The third-order valence-corrected chi connectivity index (χ3v) is 3.20. The van der Waals surface area contributed by atoms with Crippen molar-refractivity contribution in [1.82, 2.24) is 4.57 Å². The minimum absolute atomic E-state index is 0.0487. The van der Waals surface area contributed by atoms with E-state index in [-0.39, 0.29) is 16.8 Å². The maximum atomic E-state index is 12.0. The summed E-state index contributed by atoms with van der Waals surface area (Å²) < 4.78 is 1.37. The molecule has 0 atom stereocenters. The van der Waals surface area contributed by atoms with Crippen LogP contribution in [0.2, 0.25) is 0 Å². The summed E-state index contributed by atoms with van der Waals surface area (Å²) in [6, 6.07) is 8.58. The molecule has 0 aliphatic carbocycles. The molecular formula is C13H9BrN2O4. The lowest BCUT2D eigenvalue weighted by Gasteiger charge is -2.06. The normalized spacial score (nSPS) is 10.2. The molecular weight excluding hydrogens is 328 g/mol. The molecule has 0 spiro atoms. The zero-order chi connectivity index (χ0) is 14.7. The summed E-state index contributed by atoms with van der Waals surface area (Å²) in [5.41, 5.74) is -0.774. The number of rotatable bonds is 4. The molecule has 0 unspecified atom stereocenters. The van der Waals surface area contributed by atoms with E-state index in [1.165, 1.54) is 10.8 Å². The number of halogens is 1. The van der Waals surface area contributed by atoms with Gasteiger partial charge in [-0.2, -0.15) is 0 Å². The maximum Gasteiger partial charge on any atom is 0.333 e. The predicted octanol–water partition coefficient (Wildman–Crippen LogP) is 2.40. The second-order valence-corrected chi connectivity index (χ2v) is 4.89. The van der Waals surface area contributed by atoms with Crippen molar-refractivity contribution in [3.63, 3.8) is 0 Å². The van der Waals surface area contributed by atoms with E-state index >= 15 is 0 Å². The van der Waals surface area contributed by atoms with Gasteiger partial charge >= 0.3 is 5.69 Å². The van der Waals surface area contributed by atoms with Crippen LogP contribution >= 0.6 is 15.9 Å². The molecule has 0 saturated carbocycles. The number of aromatic nitrogens is 1. The highest BCUT2D eigenvalue weighted by Crippen LogP contribution is 2.12. The van der Waals surface area contributed by atoms with Gasteiger partial charge in [0.1, 0.15) is 0 Å². The SMILES string of the molecule is O=C(Cn1cc(Br)c(=O)c([N+](=O)[O-])c1)c1ccccc1. The number of pyridine rings is 1. The van der Waals surface area contributed by atoms with Gasteiger partial charge in [-0.05, 0) is 15.9 Å². The van der Waals surface area contributed by atoms with Crippen LogP contribution in [0.15, 0.2) is 52.0 Å². The fourth-order valence-electron chi connectivity index (χ4n) is 1.68. The van der Waals surface area contributed by atoms with Gasteiger partial charge < -0.3 is 4.57 Å². The van der Waals surface area contributed by atoms with Crippen LogP contribution < -0.4 is 5.43 Å². The molecule has 2 rings (SSSR count). The first kappa shape index (κ1) is 14.1. The lowest BCUT2D eigenvalue weighted by molar-refractivity contribution is -0.386. The van der Waals surface area contributed by atoms with Gasteiger partial charge in [0.05, 0.1) is 22.1 Å². The van der Waals surface area contributed by atoms with Gasteiger partial charge in [0, 0.05) is 11.8 Å². The minimum Gasteiger partial charge on any atom is -0.339 e. The molecule has 0 N–H and O–H groups in total. The fourth-order valence-corrected chi connectivity index (χ4v) is 2.15. The second kappa shape index (κ2) is 5.79. The van der Waals surface area contributed by atoms with Crippen LogP contribution in [0, 0.1) is 10.1 Å². The monoisotopic (exact) mass is 336 g/mol. The average molecular weight is 337 g/mol. The number of Topliss-reactive ketones (excluding diaryl/α,β-unsaturated/α-hetero) is 1. The van der Waals surface area contributed by atoms with E-state index < -0.39 is 16.0 Å². The van der Waals surface area contributed by atoms with Crippen LogP contribution in [-0.2, 0) is 6.54 Å². The minimum atomic E-state index is -0.767. The Morgan fingerprint density at radius 3 is 2.50 bits per heavy atom. The Morgan fingerprint density at radius 2 is 1.90 bits per heavy atom. The highest BCUT2D eigenvalue weighted by Gasteiger charge is 2.17. The number of nitrogens with zero attached hydrogens (tertiary/aromatic N) is 2. The predicted molar refractivity (Wildman–Crippen MR) is 75.8 cm³/mol. The summed E-state index contributed by atoms with van der Waals surface area (Å²) >= 11 is 2.96. The molecule has 1 aromatic carbocycles. The zero-order valence-electron chi connectivity index (χ0n) is 10.2. The van der Waals surface area contributed by atoms with Crippen molar-refractivity contribution in [3.8, 4) is 0 Å². The van der Waals surface area contributed by atoms with Crippen molar-refractivity contribution in [1.29, 1.82) is 0 Å². The van der Waals surface area contributed by atoms with Crippen molar-refractivity contribution < 1.29 is 9.72 Å². The molecule has 0 fully saturated rings. The van der Waals surface area contributed by atoms with E-state index in [9.17, 15) is 19.7 Å². The summed E-state index contributed by atoms with van der Waals surface area (Å²) in [4.78, 5) is 33.5. The first-order chi connectivity index (χ1) is 9.49. The lowest BCUT2D eigenvalue weighted by Crippen LogP contribution is -2.16. The van der Waals surface area contributed by atoms with Crippen molar-refractivity contribution in [2.24, 2.45) is 0 Å². The quantitative estimate of drug-likeness (QED) is 0.487. The van der Waals surface area contributed by atoms with E-state index in [1.54, 1.807) is 30.3 Å². The van der Waals surface area contributed by atoms with E-state index in [2.05, 4.69) is 15.9 Å². The molecule has 0 aliphatic heterocycles. The summed E-state index contributed by atoms with van der Waals surface area (Å²) in [7, 11) is 0. The Labute approximate surface area is 121 Å². The Hall–Kier alpha value is -2.28. The van der Waals surface area contributed by atoms with Crippen LogP contribution in [0.5, 0.6) is 0 Å². The van der Waals surface area contributed by atoms with E-state index in [4.69, 9.17) is 0 Å². The fraction of sp³-hybridized carbons (Fsp3) is 0.0769. The molecule has 102 valence electrons. The molecule has 0 aliphatic rings. The molecule has 1 aromatic heterocycles. The third kappa shape index (κ3) is 3.00. The Kier molecular flexibility index (Phi) is 4.09. The third-order valence-electron chi connectivity index (χ3n) is 2.64. The first-order valence-corrected chi connectivity index (χ1v) is 6.40. The second-order valence-electron chi connectivity index (χ2n) is 4.04. The molecule has 0 radical (unpaired) electrons. The van der Waals surface area contributed by atoms with Gasteiger partial charge in [-0.25, -0.2) is 0 Å². The van der Waals surface area contributed by atoms with Crippen LogP contribution in [-0.4, -0.2) is 15.3 Å². The van der Waals surface area contributed by atoms with Gasteiger partial charge in [0.15, 0.2) is 5.78 Å². The molecule has 0 saturated heterocycles. The number of nitro groups is 1. The van der Waals surface area contributed by atoms with Crippen molar-refractivity contribution in [3.05, 3.63) is 73.1 Å². The molecule has 7 heteroatoms. The number of carbonyl (C=O) groups is 1. The Bertz CT molecular complexity index is 725. The largest absolute Gasteiger partial charge is 0.339 e. The topological polar surface area (TPSA) is 82.2 Å². The summed E-state index contributed by atoms with van der Waals surface area (Å²) in [6.07, 6.45) is 2.42.